The summed E-state index contributed by atoms with van der Waals surface area (Å²) in [5.41, 5.74) is 7.17. The summed E-state index contributed by atoms with van der Waals surface area (Å²) in [6.45, 7) is -0.146. The highest BCUT2D eigenvalue weighted by molar-refractivity contribution is 5.91. The zero-order valence-corrected chi connectivity index (χ0v) is 9.09. The number of hydrogen-bond acceptors (Lipinski definition) is 4. The Morgan fingerprint density at radius 2 is 2.29 bits per heavy atom. The summed E-state index contributed by atoms with van der Waals surface area (Å²) in [4.78, 5) is 13.5. The molecule has 2 rings (SSSR count). The van der Waals surface area contributed by atoms with Crippen molar-refractivity contribution >= 4 is 16.6 Å². The Balaban J connectivity index is 2.53. The van der Waals surface area contributed by atoms with Crippen molar-refractivity contribution in [2.45, 2.75) is 12.5 Å². The molecule has 17 heavy (non-hydrogen) atoms. The van der Waals surface area contributed by atoms with Gasteiger partial charge in [0.15, 0.2) is 0 Å². The van der Waals surface area contributed by atoms with Crippen LogP contribution in [-0.4, -0.2) is 27.7 Å². The highest BCUT2D eigenvalue weighted by Gasteiger charge is 2.17. The van der Waals surface area contributed by atoms with E-state index in [4.69, 9.17) is 10.8 Å². The first-order valence-corrected chi connectivity index (χ1v) is 5.23. The van der Waals surface area contributed by atoms with Crippen LogP contribution in [0.15, 0.2) is 24.4 Å². The number of rotatable bonds is 4. The molecule has 0 aliphatic carbocycles. The van der Waals surface area contributed by atoms with E-state index in [-0.39, 0.29) is 12.3 Å². The maximum absolute atomic E-state index is 10.9. The van der Waals surface area contributed by atoms with E-state index in [0.717, 1.165) is 5.56 Å². The van der Waals surface area contributed by atoms with E-state index in [1.54, 1.807) is 18.3 Å². The van der Waals surface area contributed by atoms with Crippen molar-refractivity contribution in [1.29, 1.82) is 0 Å². The van der Waals surface area contributed by atoms with Gasteiger partial charge in [0.2, 0.25) is 0 Å². The Labute approximate surface area is 97.2 Å². The first kappa shape index (κ1) is 11.6. The normalized spacial score (nSPS) is 12.8. The van der Waals surface area contributed by atoms with Gasteiger partial charge in [0, 0.05) is 18.3 Å². The standard InChI is InChI=1S/C11H13N3O3/c12-8(6-15)4-7-5-13-9-2-1-3-10(11(7)9)14(16)17/h1-3,5,8,13,15H,4,6,12H2/t8-/m0/s1. The second-order valence-corrected chi connectivity index (χ2v) is 3.92. The van der Waals surface area contributed by atoms with Crippen molar-refractivity contribution in [2.24, 2.45) is 5.73 Å². The van der Waals surface area contributed by atoms with Crippen molar-refractivity contribution in [1.82, 2.24) is 4.98 Å². The molecule has 1 aromatic carbocycles. The smallest absolute Gasteiger partial charge is 0.279 e. The quantitative estimate of drug-likeness (QED) is 0.541. The van der Waals surface area contributed by atoms with Crippen LogP contribution in [0, 0.1) is 10.1 Å². The minimum atomic E-state index is -0.413. The van der Waals surface area contributed by atoms with Gasteiger partial charge in [-0.2, -0.15) is 0 Å². The second kappa shape index (κ2) is 4.52. The summed E-state index contributed by atoms with van der Waals surface area (Å²) >= 11 is 0. The number of nitrogens with one attached hydrogen (secondary N) is 1. The lowest BCUT2D eigenvalue weighted by atomic mass is 10.0. The van der Waals surface area contributed by atoms with Crippen LogP contribution in [0.4, 0.5) is 5.69 Å². The molecule has 1 aromatic heterocycles. The van der Waals surface area contributed by atoms with Gasteiger partial charge in [0.05, 0.1) is 22.4 Å². The van der Waals surface area contributed by atoms with Crippen LogP contribution in [0.2, 0.25) is 0 Å². The van der Waals surface area contributed by atoms with Crippen LogP contribution in [0.3, 0.4) is 0 Å². The number of fused-ring (bicyclic) bond motifs is 1. The van der Waals surface area contributed by atoms with Crippen molar-refractivity contribution in [2.75, 3.05) is 6.61 Å². The van der Waals surface area contributed by atoms with Gasteiger partial charge in [-0.25, -0.2) is 0 Å². The monoisotopic (exact) mass is 235 g/mol. The van der Waals surface area contributed by atoms with Crippen molar-refractivity contribution in [3.05, 3.63) is 40.1 Å². The molecule has 0 aliphatic heterocycles. The third-order valence-corrected chi connectivity index (χ3v) is 2.68. The van der Waals surface area contributed by atoms with Crippen LogP contribution in [0.1, 0.15) is 5.56 Å². The third kappa shape index (κ3) is 2.13. The maximum Gasteiger partial charge on any atom is 0.279 e. The topological polar surface area (TPSA) is 105 Å². The first-order valence-electron chi connectivity index (χ1n) is 5.23. The Morgan fingerprint density at radius 1 is 1.53 bits per heavy atom. The lowest BCUT2D eigenvalue weighted by Gasteiger charge is -2.06. The number of H-pyrrole nitrogens is 1. The molecule has 0 bridgehead atoms. The Hall–Kier alpha value is -1.92. The molecule has 90 valence electrons. The molecule has 0 fully saturated rings. The lowest BCUT2D eigenvalue weighted by Crippen LogP contribution is -2.26. The molecule has 2 aromatic rings. The van der Waals surface area contributed by atoms with E-state index < -0.39 is 11.0 Å². The molecular weight excluding hydrogens is 222 g/mol. The van der Waals surface area contributed by atoms with Crippen molar-refractivity contribution in [3.63, 3.8) is 0 Å². The number of nitrogens with zero attached hydrogens (tertiary/aromatic N) is 1. The van der Waals surface area contributed by atoms with Crippen LogP contribution >= 0.6 is 0 Å². The fraction of sp³-hybridized carbons (Fsp3) is 0.273. The van der Waals surface area contributed by atoms with Gasteiger partial charge in [-0.1, -0.05) is 6.07 Å². The molecule has 0 aliphatic rings. The van der Waals surface area contributed by atoms with Gasteiger partial charge in [-0.05, 0) is 18.1 Å². The van der Waals surface area contributed by atoms with Gasteiger partial charge in [0.1, 0.15) is 0 Å². The predicted octanol–water partition coefficient (Wildman–Crippen LogP) is 0.938. The van der Waals surface area contributed by atoms with E-state index in [1.165, 1.54) is 6.07 Å². The Morgan fingerprint density at radius 3 is 2.94 bits per heavy atom. The fourth-order valence-electron chi connectivity index (χ4n) is 1.90. The molecule has 0 spiro atoms. The SMILES string of the molecule is N[C@H](CO)Cc1c[nH]c2cccc([N+](=O)[O-])c12. The summed E-state index contributed by atoms with van der Waals surface area (Å²) in [5, 5.41) is 20.4. The van der Waals surface area contributed by atoms with E-state index >= 15 is 0 Å². The molecule has 1 atom stereocenters. The van der Waals surface area contributed by atoms with Crippen LogP contribution in [-0.2, 0) is 6.42 Å². The zero-order valence-electron chi connectivity index (χ0n) is 9.09. The van der Waals surface area contributed by atoms with Crippen molar-refractivity contribution in [3.8, 4) is 0 Å². The number of benzene rings is 1. The number of nitro groups is 1. The molecule has 4 N–H and O–H groups in total. The van der Waals surface area contributed by atoms with Gasteiger partial charge in [-0.3, -0.25) is 10.1 Å². The third-order valence-electron chi connectivity index (χ3n) is 2.68. The molecule has 6 nitrogen and oxygen atoms in total. The average Bonchev–Trinajstić information content (AvgIpc) is 2.72. The zero-order chi connectivity index (χ0) is 12.4. The molecule has 0 amide bonds. The summed E-state index contributed by atoms with van der Waals surface area (Å²) in [6.07, 6.45) is 2.11. The van der Waals surface area contributed by atoms with E-state index in [1.807, 2.05) is 0 Å². The molecular formula is C11H13N3O3. The van der Waals surface area contributed by atoms with E-state index in [2.05, 4.69) is 4.98 Å². The molecule has 6 heteroatoms. The minimum absolute atomic E-state index is 0.0592. The second-order valence-electron chi connectivity index (χ2n) is 3.92. The molecule has 1 heterocycles. The van der Waals surface area contributed by atoms with Crippen LogP contribution in [0.5, 0.6) is 0 Å². The Bertz CT molecular complexity index is 550. The van der Waals surface area contributed by atoms with Gasteiger partial charge in [0.25, 0.3) is 5.69 Å². The number of nitrogens with two attached hydrogens (primary N) is 1. The summed E-state index contributed by atoms with van der Waals surface area (Å²) < 4.78 is 0. The Kier molecular flexibility index (Phi) is 3.08. The highest BCUT2D eigenvalue weighted by Crippen LogP contribution is 2.28. The van der Waals surface area contributed by atoms with Crippen LogP contribution in [0.25, 0.3) is 10.9 Å². The maximum atomic E-state index is 10.9. The largest absolute Gasteiger partial charge is 0.395 e. The summed E-state index contributed by atoms with van der Waals surface area (Å²) in [6, 6.07) is 4.46. The summed E-state index contributed by atoms with van der Waals surface area (Å²) in [7, 11) is 0. The molecule has 0 radical (unpaired) electrons. The highest BCUT2D eigenvalue weighted by atomic mass is 16.6. The van der Waals surface area contributed by atoms with Gasteiger partial charge < -0.3 is 15.8 Å². The number of hydrogen-bond donors (Lipinski definition) is 3. The summed E-state index contributed by atoms with van der Waals surface area (Å²) in [5.74, 6) is 0. The predicted molar refractivity (Wildman–Crippen MR) is 63.7 cm³/mol. The minimum Gasteiger partial charge on any atom is -0.395 e. The molecule has 0 saturated carbocycles. The van der Waals surface area contributed by atoms with Crippen molar-refractivity contribution < 1.29 is 10.0 Å². The number of aromatic amines is 1. The van der Waals surface area contributed by atoms with E-state index in [0.29, 0.717) is 17.3 Å². The number of aromatic nitrogens is 1. The average molecular weight is 235 g/mol. The van der Waals surface area contributed by atoms with E-state index in [9.17, 15) is 10.1 Å². The van der Waals surface area contributed by atoms with Gasteiger partial charge in [-0.15, -0.1) is 0 Å². The lowest BCUT2D eigenvalue weighted by molar-refractivity contribution is -0.383. The first-order chi connectivity index (χ1) is 8.13. The van der Waals surface area contributed by atoms with Gasteiger partial charge >= 0.3 is 0 Å². The number of aliphatic hydroxyl groups is 1. The number of nitro benzene ring substituents is 1. The number of aliphatic hydroxyl groups excluding tert-OH is 1. The number of non-ortho nitro benzene ring substituents is 1. The molecule has 0 saturated heterocycles. The molecule has 0 unspecified atom stereocenters. The van der Waals surface area contributed by atoms with Crippen LogP contribution < -0.4 is 5.73 Å². The fourth-order valence-corrected chi connectivity index (χ4v) is 1.90.